The molecule has 3 aromatic carbocycles. The van der Waals surface area contributed by atoms with Gasteiger partial charge in [0.25, 0.3) is 0 Å². The minimum Gasteiger partial charge on any atom is -0.105 e. The Hall–Kier alpha value is -1.91. The van der Waals surface area contributed by atoms with Crippen LogP contribution in [0.5, 0.6) is 0 Å². The van der Waals surface area contributed by atoms with Crippen molar-refractivity contribution in [3.63, 3.8) is 0 Å². The van der Waals surface area contributed by atoms with Crippen molar-refractivity contribution in [2.45, 2.75) is 0 Å². The maximum atomic E-state index is 2.82. The Morgan fingerprint density at radius 2 is 1.11 bits per heavy atom. The summed E-state index contributed by atoms with van der Waals surface area (Å²) in [7, 11) is 2.82. The lowest BCUT2D eigenvalue weighted by Gasteiger charge is -2.09. The van der Waals surface area contributed by atoms with Crippen molar-refractivity contribution in [3.8, 4) is 22.3 Å². The van der Waals surface area contributed by atoms with Gasteiger partial charge in [0.05, 0.1) is 0 Å². The van der Waals surface area contributed by atoms with Crippen molar-refractivity contribution in [3.05, 3.63) is 78.9 Å². The zero-order chi connectivity index (χ0) is 13.1. The van der Waals surface area contributed by atoms with Gasteiger partial charge in [0.2, 0.25) is 0 Å². The molecule has 3 aromatic rings. The van der Waals surface area contributed by atoms with Crippen LogP contribution in [0.4, 0.5) is 0 Å². The maximum Gasteiger partial charge on any atom is -0.0106 e. The smallest absolute Gasteiger partial charge is 0.0106 e. The molecule has 0 radical (unpaired) electrons. The molecule has 0 saturated heterocycles. The average Bonchev–Trinajstić information content (AvgIpc) is 2.49. The molecule has 0 aliphatic heterocycles. The first-order valence-corrected chi connectivity index (χ1v) is 6.93. The zero-order valence-corrected chi connectivity index (χ0v) is 11.7. The summed E-state index contributed by atoms with van der Waals surface area (Å²) in [5.74, 6) is 0. The number of hydrogen-bond donors (Lipinski definition) is 0. The topological polar surface area (TPSA) is 0 Å². The predicted molar refractivity (Wildman–Crippen MR) is 86.7 cm³/mol. The van der Waals surface area contributed by atoms with Crippen LogP contribution in [0.3, 0.4) is 0 Å². The first kappa shape index (κ1) is 12.1. The fraction of sp³-hybridized carbons (Fsp3) is 0. The molecule has 0 heterocycles. The summed E-state index contributed by atoms with van der Waals surface area (Å²) in [6.45, 7) is 0. The quantitative estimate of drug-likeness (QED) is 0.596. The van der Waals surface area contributed by atoms with Crippen molar-refractivity contribution in [2.75, 3.05) is 0 Å². The second-order valence-electron chi connectivity index (χ2n) is 4.53. The van der Waals surface area contributed by atoms with Crippen LogP contribution < -0.4 is 5.30 Å². The van der Waals surface area contributed by atoms with Crippen LogP contribution in [-0.2, 0) is 0 Å². The molecule has 1 heteroatoms. The molecule has 0 fully saturated rings. The molecule has 19 heavy (non-hydrogen) atoms. The van der Waals surface area contributed by atoms with E-state index in [1.165, 1.54) is 27.6 Å². The van der Waals surface area contributed by atoms with E-state index >= 15 is 0 Å². The van der Waals surface area contributed by atoms with Crippen LogP contribution in [0, 0.1) is 0 Å². The van der Waals surface area contributed by atoms with Gasteiger partial charge in [-0.25, -0.2) is 0 Å². The van der Waals surface area contributed by atoms with Crippen molar-refractivity contribution in [1.82, 2.24) is 0 Å². The Morgan fingerprint density at radius 3 is 1.74 bits per heavy atom. The van der Waals surface area contributed by atoms with E-state index in [1.54, 1.807) is 0 Å². The van der Waals surface area contributed by atoms with Crippen molar-refractivity contribution in [1.29, 1.82) is 0 Å². The second-order valence-corrected chi connectivity index (χ2v) is 5.16. The summed E-state index contributed by atoms with van der Waals surface area (Å²) in [6.07, 6.45) is 0. The largest absolute Gasteiger partial charge is 0.105 e. The molecule has 1 atom stereocenters. The van der Waals surface area contributed by atoms with Crippen molar-refractivity contribution >= 4 is 14.5 Å². The van der Waals surface area contributed by atoms with Crippen LogP contribution in [0.2, 0.25) is 0 Å². The van der Waals surface area contributed by atoms with Crippen LogP contribution in [-0.4, -0.2) is 0 Å². The van der Waals surface area contributed by atoms with E-state index < -0.39 is 0 Å². The van der Waals surface area contributed by atoms with E-state index in [-0.39, 0.29) is 0 Å². The minimum absolute atomic E-state index is 1.23. The summed E-state index contributed by atoms with van der Waals surface area (Å²) in [6, 6.07) is 27.6. The highest BCUT2D eigenvalue weighted by Crippen LogP contribution is 2.26. The monoisotopic (exact) mass is 262 g/mol. The van der Waals surface area contributed by atoms with Crippen molar-refractivity contribution < 1.29 is 0 Å². The molecule has 0 aromatic heterocycles. The first-order valence-electron chi connectivity index (χ1n) is 6.35. The van der Waals surface area contributed by atoms with Gasteiger partial charge in [-0.2, -0.15) is 0 Å². The molecule has 0 spiro atoms. The van der Waals surface area contributed by atoms with Crippen LogP contribution in [0.15, 0.2) is 78.9 Å². The molecule has 0 aliphatic carbocycles. The van der Waals surface area contributed by atoms with Gasteiger partial charge in [0.15, 0.2) is 0 Å². The fourth-order valence-corrected chi connectivity index (χ4v) is 2.58. The third-order valence-electron chi connectivity index (χ3n) is 3.25. The van der Waals surface area contributed by atoms with Gasteiger partial charge >= 0.3 is 0 Å². The third kappa shape index (κ3) is 2.59. The van der Waals surface area contributed by atoms with Gasteiger partial charge < -0.3 is 0 Å². The van der Waals surface area contributed by atoms with E-state index in [0.717, 1.165) is 0 Å². The number of benzene rings is 3. The van der Waals surface area contributed by atoms with Crippen LogP contribution >= 0.6 is 9.24 Å². The summed E-state index contributed by atoms with van der Waals surface area (Å²) in [5.41, 5.74) is 5.03. The summed E-state index contributed by atoms with van der Waals surface area (Å²) < 4.78 is 0. The predicted octanol–water partition coefficient (Wildman–Crippen LogP) is 4.52. The molecule has 0 aliphatic rings. The highest BCUT2D eigenvalue weighted by molar-refractivity contribution is 7.28. The van der Waals surface area contributed by atoms with Crippen LogP contribution in [0.25, 0.3) is 22.3 Å². The zero-order valence-electron chi connectivity index (χ0n) is 10.6. The summed E-state index contributed by atoms with van der Waals surface area (Å²) >= 11 is 0. The molecule has 1 unspecified atom stereocenters. The molecule has 0 amide bonds. The molecular weight excluding hydrogens is 247 g/mol. The van der Waals surface area contributed by atoms with Crippen LogP contribution in [0.1, 0.15) is 0 Å². The van der Waals surface area contributed by atoms with E-state index in [0.29, 0.717) is 0 Å². The van der Waals surface area contributed by atoms with Gasteiger partial charge in [-0.05, 0) is 33.6 Å². The lowest BCUT2D eigenvalue weighted by molar-refractivity contribution is 1.61. The molecule has 0 nitrogen and oxygen atoms in total. The molecule has 0 N–H and O–H groups in total. The third-order valence-corrected chi connectivity index (χ3v) is 3.75. The Bertz CT molecular complexity index is 673. The summed E-state index contributed by atoms with van der Waals surface area (Å²) in [5, 5.41) is 1.23. The standard InChI is InChI=1S/C18H15P/c19-18-12-11-16(14-7-3-1-4-8-14)13-17(18)15-9-5-2-6-10-15/h1-13H,19H2. The van der Waals surface area contributed by atoms with Gasteiger partial charge in [0.1, 0.15) is 0 Å². The normalized spacial score (nSPS) is 10.4. The lowest BCUT2D eigenvalue weighted by Crippen LogP contribution is -1.96. The minimum atomic E-state index is 1.23. The SMILES string of the molecule is Pc1ccc(-c2ccccc2)cc1-c1ccccc1. The molecule has 0 saturated carbocycles. The fourth-order valence-electron chi connectivity index (χ4n) is 2.23. The second kappa shape index (κ2) is 5.38. The Kier molecular flexibility index (Phi) is 3.44. The Morgan fingerprint density at radius 1 is 0.526 bits per heavy atom. The van der Waals surface area contributed by atoms with Crippen molar-refractivity contribution in [2.24, 2.45) is 0 Å². The van der Waals surface area contributed by atoms with Gasteiger partial charge in [-0.3, -0.25) is 0 Å². The molecular formula is C18H15P. The summed E-state index contributed by atoms with van der Waals surface area (Å²) in [4.78, 5) is 0. The van der Waals surface area contributed by atoms with E-state index in [4.69, 9.17) is 0 Å². The maximum absolute atomic E-state index is 2.82. The first-order chi connectivity index (χ1) is 9.34. The molecule has 92 valence electrons. The lowest BCUT2D eigenvalue weighted by atomic mass is 9.99. The van der Waals surface area contributed by atoms with Gasteiger partial charge in [-0.15, -0.1) is 9.24 Å². The van der Waals surface area contributed by atoms with Gasteiger partial charge in [0, 0.05) is 0 Å². The van der Waals surface area contributed by atoms with Gasteiger partial charge in [-0.1, -0.05) is 72.8 Å². The molecule has 3 rings (SSSR count). The molecule has 0 bridgehead atoms. The van der Waals surface area contributed by atoms with E-state index in [1.807, 2.05) is 12.1 Å². The van der Waals surface area contributed by atoms with E-state index in [9.17, 15) is 0 Å². The van der Waals surface area contributed by atoms with E-state index in [2.05, 4.69) is 76.0 Å². The highest BCUT2D eigenvalue weighted by Gasteiger charge is 2.04. The highest BCUT2D eigenvalue weighted by atomic mass is 31.0. The number of rotatable bonds is 2. The number of hydrogen-bond acceptors (Lipinski definition) is 0. The average molecular weight is 262 g/mol. The Balaban J connectivity index is 2.12. The Labute approximate surface area is 116 Å².